The van der Waals surface area contributed by atoms with Crippen molar-refractivity contribution in [1.82, 2.24) is 6.68 Å². The number of nitrogens with zero attached hydrogens (tertiary/aromatic N) is 2. The van der Waals surface area contributed by atoms with Crippen LogP contribution in [0.3, 0.4) is 0 Å². The zero-order valence-electron chi connectivity index (χ0n) is 19.5. The standard InChI is InChI=1S/C11H28NOSi2.C6H18NSi2.Sn/c1-8-9-10-11(13)12(14(2,3)4)15(5,6)7;1-8(2,3)7-9(4,5)6;/h11H,8-10H2,1-7H3;1-6H3;/q2*-1;+2. The van der Waals surface area contributed by atoms with Crippen molar-refractivity contribution in [2.45, 2.75) is 111 Å². The Morgan fingerprint density at radius 2 is 1.12 bits per heavy atom. The van der Waals surface area contributed by atoms with Crippen molar-refractivity contribution < 1.29 is 3.07 Å². The number of hydrogen-bond acceptors (Lipinski definition) is 3. The van der Waals surface area contributed by atoms with Crippen LogP contribution in [0.5, 0.6) is 0 Å². The van der Waals surface area contributed by atoms with Gasteiger partial charge in [0.1, 0.15) is 0 Å². The molecule has 25 heavy (non-hydrogen) atoms. The van der Waals surface area contributed by atoms with Gasteiger partial charge in [-0.05, 0) is 0 Å². The van der Waals surface area contributed by atoms with Crippen molar-refractivity contribution in [3.05, 3.63) is 0 Å². The number of hydrogen-bond donors (Lipinski definition) is 0. The van der Waals surface area contributed by atoms with Crippen LogP contribution >= 0.6 is 0 Å². The van der Waals surface area contributed by atoms with Gasteiger partial charge < -0.3 is 0 Å². The quantitative estimate of drug-likeness (QED) is 0.243. The van der Waals surface area contributed by atoms with E-state index in [-0.39, 0.29) is 0 Å². The molecule has 2 radical (unpaired) electrons. The third-order valence-corrected chi connectivity index (χ3v) is 32.7. The Hall–Kier alpha value is 1.55. The van der Waals surface area contributed by atoms with Crippen LogP contribution in [-0.2, 0) is 3.07 Å². The van der Waals surface area contributed by atoms with Crippen molar-refractivity contribution in [2.75, 3.05) is 0 Å². The van der Waals surface area contributed by atoms with Gasteiger partial charge in [0.05, 0.1) is 0 Å². The van der Waals surface area contributed by atoms with Crippen molar-refractivity contribution in [2.24, 2.45) is 0 Å². The third-order valence-electron chi connectivity index (χ3n) is 4.16. The molecule has 0 N–H and O–H groups in total. The van der Waals surface area contributed by atoms with Gasteiger partial charge in [0.15, 0.2) is 0 Å². The summed E-state index contributed by atoms with van der Waals surface area (Å²) >= 11 is -0.990. The molecule has 3 nitrogen and oxygen atoms in total. The summed E-state index contributed by atoms with van der Waals surface area (Å²) in [6, 6.07) is 0. The molecular formula is C17H46N2OSi4Sn. The maximum absolute atomic E-state index is 6.94. The molecule has 0 saturated carbocycles. The summed E-state index contributed by atoms with van der Waals surface area (Å²) < 4.78 is 12.8. The van der Waals surface area contributed by atoms with Crippen LogP contribution < -0.4 is 0 Å². The first-order valence-electron chi connectivity index (χ1n) is 9.93. The number of unbranched alkanes of at least 4 members (excludes halogenated alkanes) is 1. The van der Waals surface area contributed by atoms with Gasteiger partial charge in [-0.2, -0.15) is 0 Å². The fourth-order valence-electron chi connectivity index (χ4n) is 3.88. The van der Waals surface area contributed by atoms with Gasteiger partial charge in [-0.3, -0.25) is 0 Å². The molecule has 0 rings (SSSR count). The van der Waals surface area contributed by atoms with E-state index in [2.05, 4.69) is 92.2 Å². The zero-order valence-corrected chi connectivity index (χ0v) is 26.4. The third kappa shape index (κ3) is 9.53. The van der Waals surface area contributed by atoms with Crippen molar-refractivity contribution in [1.29, 1.82) is 0 Å². The Morgan fingerprint density at radius 3 is 1.40 bits per heavy atom. The van der Waals surface area contributed by atoms with Crippen LogP contribution in [0.25, 0.3) is 0 Å². The predicted molar refractivity (Wildman–Crippen MR) is 127 cm³/mol. The van der Waals surface area contributed by atoms with E-state index in [9.17, 15) is 0 Å². The second-order valence-electron chi connectivity index (χ2n) is 11.2. The first-order valence-corrected chi connectivity index (χ1v) is 26.2. The average Bonchev–Trinajstić information content (AvgIpc) is 2.28. The minimum absolute atomic E-state index is 0.375. The SMILES string of the molecule is CCCCC([O][Sn][N]([Si](C)(C)C)[Si](C)(C)C)N([Si](C)(C)C)[Si](C)(C)C. The van der Waals surface area contributed by atoms with Gasteiger partial charge >= 0.3 is 176 Å². The van der Waals surface area contributed by atoms with Crippen LogP contribution in [0.15, 0.2) is 0 Å². The van der Waals surface area contributed by atoms with E-state index in [1.807, 2.05) is 0 Å². The second-order valence-corrected chi connectivity index (χ2v) is 36.3. The van der Waals surface area contributed by atoms with E-state index in [1.54, 1.807) is 0 Å². The summed E-state index contributed by atoms with van der Waals surface area (Å²) in [7, 11) is -5.39. The summed E-state index contributed by atoms with van der Waals surface area (Å²) in [4.78, 5) is 0. The first-order chi connectivity index (χ1) is 10.9. The average molecular weight is 526 g/mol. The molecule has 0 bridgehead atoms. The van der Waals surface area contributed by atoms with Gasteiger partial charge in [0.25, 0.3) is 0 Å². The van der Waals surface area contributed by atoms with Gasteiger partial charge in [-0.1, -0.05) is 0 Å². The van der Waals surface area contributed by atoms with Gasteiger partial charge in [0.2, 0.25) is 0 Å². The Labute approximate surface area is 174 Å². The van der Waals surface area contributed by atoms with Gasteiger partial charge in [0, 0.05) is 0 Å². The first kappa shape index (κ1) is 26.5. The Morgan fingerprint density at radius 1 is 0.720 bits per heavy atom. The summed E-state index contributed by atoms with van der Waals surface area (Å²) in [6.45, 7) is 32.4. The van der Waals surface area contributed by atoms with Crippen LogP contribution in [0.4, 0.5) is 0 Å². The molecule has 0 amide bonds. The zero-order chi connectivity index (χ0) is 20.3. The van der Waals surface area contributed by atoms with E-state index >= 15 is 0 Å². The molecule has 0 spiro atoms. The number of rotatable bonds is 11. The molecule has 1 atom stereocenters. The molecule has 0 heterocycles. The molecule has 0 aliphatic heterocycles. The Balaban J connectivity index is 5.53. The predicted octanol–water partition coefficient (Wildman–Crippen LogP) is 6.00. The molecule has 0 aliphatic rings. The molecule has 0 aromatic rings. The van der Waals surface area contributed by atoms with Crippen molar-refractivity contribution in [3.8, 4) is 0 Å². The van der Waals surface area contributed by atoms with Crippen LogP contribution in [-0.4, -0.2) is 67.7 Å². The molecule has 150 valence electrons. The Bertz CT molecular complexity index is 369. The molecule has 1 unspecified atom stereocenters. The Kier molecular flexibility index (Phi) is 10.5. The van der Waals surface area contributed by atoms with E-state index in [1.165, 1.54) is 19.3 Å². The van der Waals surface area contributed by atoms with Gasteiger partial charge in [-0.25, -0.2) is 0 Å². The molecular weight excluding hydrogens is 479 g/mol. The van der Waals surface area contributed by atoms with E-state index in [0.29, 0.717) is 6.23 Å². The van der Waals surface area contributed by atoms with E-state index in [0.717, 1.165) is 0 Å². The minimum atomic E-state index is -1.40. The fraction of sp³-hybridized carbons (Fsp3) is 1.00. The molecule has 0 aliphatic carbocycles. The molecule has 0 aromatic heterocycles. The van der Waals surface area contributed by atoms with Crippen molar-refractivity contribution >= 4 is 54.8 Å². The monoisotopic (exact) mass is 526 g/mol. The second kappa shape index (κ2) is 9.84. The molecule has 0 fully saturated rings. The normalized spacial score (nSPS) is 16.0. The summed E-state index contributed by atoms with van der Waals surface area (Å²) in [5, 5.41) is 0. The molecule has 0 saturated heterocycles. The summed E-state index contributed by atoms with van der Waals surface area (Å²) in [5.41, 5.74) is 0. The topological polar surface area (TPSA) is 15.7 Å². The summed E-state index contributed by atoms with van der Waals surface area (Å²) in [5.74, 6) is 0. The van der Waals surface area contributed by atoms with E-state index < -0.39 is 54.8 Å². The van der Waals surface area contributed by atoms with Crippen LogP contribution in [0, 0.1) is 0 Å². The maximum atomic E-state index is 6.94. The van der Waals surface area contributed by atoms with Crippen LogP contribution in [0.1, 0.15) is 26.2 Å². The summed E-state index contributed by atoms with van der Waals surface area (Å²) in [6.07, 6.45) is 4.15. The molecule has 8 heteroatoms. The van der Waals surface area contributed by atoms with E-state index in [4.69, 9.17) is 3.07 Å². The molecule has 0 aromatic carbocycles. The fourth-order valence-corrected chi connectivity index (χ4v) is 29.9. The van der Waals surface area contributed by atoms with Gasteiger partial charge in [-0.15, -0.1) is 0 Å². The van der Waals surface area contributed by atoms with Crippen molar-refractivity contribution in [3.63, 3.8) is 0 Å². The van der Waals surface area contributed by atoms with Crippen LogP contribution in [0.2, 0.25) is 78.6 Å².